The lowest BCUT2D eigenvalue weighted by molar-refractivity contribution is -0.160. The molecule has 0 N–H and O–H groups in total. The van der Waals surface area contributed by atoms with Gasteiger partial charge in [0, 0.05) is 26.2 Å². The number of carbonyl (C=O) groups excluding carboxylic acids is 1. The van der Waals surface area contributed by atoms with Crippen molar-refractivity contribution in [3.63, 3.8) is 0 Å². The van der Waals surface area contributed by atoms with Crippen molar-refractivity contribution in [2.45, 2.75) is 30.7 Å². The second-order valence-corrected chi connectivity index (χ2v) is 7.62. The molecule has 8 heteroatoms. The van der Waals surface area contributed by atoms with Crippen LogP contribution in [0.2, 0.25) is 0 Å². The zero-order valence-electron chi connectivity index (χ0n) is 10.7. The number of carbonyl (C=O) groups is 1. The van der Waals surface area contributed by atoms with Crippen molar-refractivity contribution in [2.24, 2.45) is 0 Å². The van der Waals surface area contributed by atoms with E-state index < -0.39 is 21.6 Å². The second kappa shape index (κ2) is 4.13. The molecule has 3 fully saturated rings. The highest BCUT2D eigenvalue weighted by Crippen LogP contribution is 2.42. The number of fused-ring (bicyclic) bond motifs is 2. The first kappa shape index (κ1) is 13.3. The third-order valence-corrected chi connectivity index (χ3v) is 5.11. The molecule has 0 radical (unpaired) electrons. The first-order valence-corrected chi connectivity index (χ1v) is 8.22. The molecule has 0 aromatic rings. The Hall–Kier alpha value is -0.730. The Balaban J connectivity index is 1.70. The summed E-state index contributed by atoms with van der Waals surface area (Å²) in [6, 6.07) is 0. The van der Waals surface area contributed by atoms with Gasteiger partial charge in [-0.1, -0.05) is 0 Å². The fraction of sp³-hybridized carbons (Fsp3) is 0.909. The van der Waals surface area contributed by atoms with Gasteiger partial charge in [0.2, 0.25) is 10.0 Å². The number of rotatable bonds is 2. The smallest absolute Gasteiger partial charge is 0.260 e. The topological polar surface area (TPSA) is 66.9 Å². The molecule has 2 aliphatic heterocycles. The summed E-state index contributed by atoms with van der Waals surface area (Å²) >= 11 is 0. The third-order valence-electron chi connectivity index (χ3n) is 3.88. The highest BCUT2D eigenvalue weighted by atomic mass is 32.2. The van der Waals surface area contributed by atoms with Crippen molar-refractivity contribution in [3.05, 3.63) is 0 Å². The summed E-state index contributed by atoms with van der Waals surface area (Å²) in [5.41, 5.74) is -1.66. The molecule has 0 spiro atoms. The molecule has 1 amide bonds. The fourth-order valence-electron chi connectivity index (χ4n) is 2.70. The molecule has 0 aromatic heterocycles. The van der Waals surface area contributed by atoms with Crippen LogP contribution in [-0.2, 0) is 19.6 Å². The fourth-order valence-corrected chi connectivity index (χ4v) is 3.57. The number of hydrogen-bond acceptors (Lipinski definition) is 4. The lowest BCUT2D eigenvalue weighted by atomic mass is 10.1. The zero-order valence-corrected chi connectivity index (χ0v) is 11.5. The van der Waals surface area contributed by atoms with Crippen LogP contribution in [0.25, 0.3) is 0 Å². The minimum Gasteiger partial charge on any atom is -0.369 e. The van der Waals surface area contributed by atoms with Gasteiger partial charge in [-0.25, -0.2) is 12.8 Å². The molecule has 1 saturated carbocycles. The van der Waals surface area contributed by atoms with Crippen LogP contribution in [0.15, 0.2) is 0 Å². The Morgan fingerprint density at radius 1 is 1.21 bits per heavy atom. The van der Waals surface area contributed by atoms with Crippen molar-refractivity contribution >= 4 is 15.9 Å². The largest absolute Gasteiger partial charge is 0.369 e. The molecule has 2 bridgehead atoms. The van der Waals surface area contributed by atoms with Crippen LogP contribution in [-0.4, -0.2) is 73.8 Å². The lowest BCUT2D eigenvalue weighted by Crippen LogP contribution is -2.62. The van der Waals surface area contributed by atoms with E-state index in [-0.39, 0.29) is 38.4 Å². The minimum atomic E-state index is -3.25. The highest BCUT2D eigenvalue weighted by molar-refractivity contribution is 7.88. The summed E-state index contributed by atoms with van der Waals surface area (Å²) in [4.78, 5) is 13.4. The van der Waals surface area contributed by atoms with Crippen LogP contribution in [0.1, 0.15) is 12.8 Å². The highest BCUT2D eigenvalue weighted by Gasteiger charge is 2.54. The maximum atomic E-state index is 13.8. The summed E-state index contributed by atoms with van der Waals surface area (Å²) in [6.07, 6.45) is 1.06. The van der Waals surface area contributed by atoms with Crippen LogP contribution in [0.4, 0.5) is 4.39 Å². The van der Waals surface area contributed by atoms with Gasteiger partial charge in [-0.05, 0) is 12.8 Å². The van der Waals surface area contributed by atoms with Crippen LogP contribution >= 0.6 is 0 Å². The average Bonchev–Trinajstić information content (AvgIpc) is 3.05. The normalized spacial score (nSPS) is 34.1. The molecule has 3 aliphatic rings. The Morgan fingerprint density at radius 2 is 1.74 bits per heavy atom. The molecule has 1 aliphatic carbocycles. The Morgan fingerprint density at radius 3 is 2.16 bits per heavy atom. The SMILES string of the molecule is CS(=O)(=O)N1C[C@H]2CN(C(=O)C3(F)CC3)C[C@@H](C1)O2. The number of ether oxygens (including phenoxy) is 1. The molecular formula is C11H17FN2O4S. The van der Waals surface area contributed by atoms with E-state index in [9.17, 15) is 17.6 Å². The number of morpholine rings is 2. The van der Waals surface area contributed by atoms with Gasteiger partial charge >= 0.3 is 0 Å². The van der Waals surface area contributed by atoms with E-state index in [1.807, 2.05) is 0 Å². The maximum absolute atomic E-state index is 13.8. The van der Waals surface area contributed by atoms with Crippen molar-refractivity contribution in [1.29, 1.82) is 0 Å². The first-order valence-electron chi connectivity index (χ1n) is 6.37. The van der Waals surface area contributed by atoms with Gasteiger partial charge < -0.3 is 9.64 Å². The summed E-state index contributed by atoms with van der Waals surface area (Å²) in [6.45, 7) is 1.01. The van der Waals surface area contributed by atoms with Gasteiger partial charge in [-0.15, -0.1) is 0 Å². The third kappa shape index (κ3) is 2.48. The minimum absolute atomic E-state index is 0.235. The van der Waals surface area contributed by atoms with Crippen LogP contribution in [0, 0.1) is 0 Å². The van der Waals surface area contributed by atoms with Crippen molar-refractivity contribution in [3.8, 4) is 0 Å². The monoisotopic (exact) mass is 292 g/mol. The van der Waals surface area contributed by atoms with Crippen molar-refractivity contribution < 1.29 is 22.3 Å². The van der Waals surface area contributed by atoms with Crippen LogP contribution in [0.5, 0.6) is 0 Å². The van der Waals surface area contributed by atoms with Crippen LogP contribution < -0.4 is 0 Å². The summed E-state index contributed by atoms with van der Waals surface area (Å²) in [5, 5.41) is 0. The number of sulfonamides is 1. The van der Waals surface area contributed by atoms with E-state index in [2.05, 4.69) is 0 Å². The van der Waals surface area contributed by atoms with E-state index >= 15 is 0 Å². The Bertz CT molecular complexity index is 491. The van der Waals surface area contributed by atoms with E-state index in [1.54, 1.807) is 0 Å². The lowest BCUT2D eigenvalue weighted by Gasteiger charge is -2.45. The first-order chi connectivity index (χ1) is 8.78. The molecule has 3 rings (SSSR count). The second-order valence-electron chi connectivity index (χ2n) is 5.64. The average molecular weight is 292 g/mol. The molecule has 0 aromatic carbocycles. The standard InChI is InChI=1S/C11H17FN2O4S/c1-19(16,17)14-6-8-4-13(5-9(7-14)18-8)10(15)11(12)2-3-11/h8-9H,2-7H2,1H3/t8-,9+. The van der Waals surface area contributed by atoms with E-state index in [1.165, 1.54) is 9.21 Å². The summed E-state index contributed by atoms with van der Waals surface area (Å²) in [5.74, 6) is -0.460. The molecule has 2 saturated heterocycles. The quantitative estimate of drug-likeness (QED) is 0.679. The van der Waals surface area contributed by atoms with Gasteiger partial charge in [-0.3, -0.25) is 4.79 Å². The van der Waals surface area contributed by atoms with Crippen molar-refractivity contribution in [2.75, 3.05) is 32.4 Å². The molecule has 0 unspecified atom stereocenters. The van der Waals surface area contributed by atoms with Gasteiger partial charge in [0.15, 0.2) is 5.67 Å². The van der Waals surface area contributed by atoms with Gasteiger partial charge in [0.05, 0.1) is 18.5 Å². The molecule has 2 heterocycles. The maximum Gasteiger partial charge on any atom is 0.260 e. The predicted octanol–water partition coefficient (Wildman–Crippen LogP) is -0.640. The van der Waals surface area contributed by atoms with Gasteiger partial charge in [0.25, 0.3) is 5.91 Å². The summed E-state index contributed by atoms with van der Waals surface area (Å²) in [7, 11) is -3.25. The Kier molecular flexibility index (Phi) is 2.88. The number of amides is 1. The molecule has 108 valence electrons. The zero-order chi connectivity index (χ0) is 13.8. The van der Waals surface area contributed by atoms with E-state index in [0.29, 0.717) is 12.8 Å². The number of hydrogen-bond donors (Lipinski definition) is 0. The Labute approximate surface area is 111 Å². The van der Waals surface area contributed by atoms with Crippen molar-refractivity contribution in [1.82, 2.24) is 9.21 Å². The molecule has 6 nitrogen and oxygen atoms in total. The number of alkyl halides is 1. The molecule has 19 heavy (non-hydrogen) atoms. The number of halogens is 1. The molecule has 2 atom stereocenters. The summed E-state index contributed by atoms with van der Waals surface area (Å²) < 4.78 is 43.9. The van der Waals surface area contributed by atoms with Gasteiger partial charge in [0.1, 0.15) is 0 Å². The van der Waals surface area contributed by atoms with E-state index in [0.717, 1.165) is 6.26 Å². The predicted molar refractivity (Wildman–Crippen MR) is 64.7 cm³/mol. The van der Waals surface area contributed by atoms with Gasteiger partial charge in [-0.2, -0.15) is 4.31 Å². The molecular weight excluding hydrogens is 275 g/mol. The number of nitrogens with zero attached hydrogens (tertiary/aromatic N) is 2. The van der Waals surface area contributed by atoms with E-state index in [4.69, 9.17) is 4.74 Å². The van der Waals surface area contributed by atoms with Crippen LogP contribution in [0.3, 0.4) is 0 Å².